The average molecular weight is 256 g/mol. The monoisotopic (exact) mass is 256 g/mol. The summed E-state index contributed by atoms with van der Waals surface area (Å²) in [6, 6.07) is 9.08. The lowest BCUT2D eigenvalue weighted by atomic mass is 10.1. The number of nitrogens with one attached hydrogen (secondary N) is 1. The van der Waals surface area contributed by atoms with E-state index in [1.165, 1.54) is 6.33 Å². The van der Waals surface area contributed by atoms with Gasteiger partial charge < -0.3 is 11.1 Å². The smallest absolute Gasteiger partial charge is 0.241 e. The van der Waals surface area contributed by atoms with Crippen LogP contribution in [0.5, 0.6) is 0 Å². The van der Waals surface area contributed by atoms with Crippen LogP contribution >= 0.6 is 0 Å². The van der Waals surface area contributed by atoms with E-state index in [0.717, 1.165) is 11.3 Å². The van der Waals surface area contributed by atoms with Gasteiger partial charge in [0.2, 0.25) is 5.91 Å². The zero-order chi connectivity index (χ0) is 13.7. The van der Waals surface area contributed by atoms with Crippen molar-refractivity contribution in [1.82, 2.24) is 9.97 Å². The molecule has 98 valence electrons. The number of anilines is 1. The number of rotatable bonds is 4. The molecule has 0 fully saturated rings. The maximum Gasteiger partial charge on any atom is 0.241 e. The lowest BCUT2D eigenvalue weighted by molar-refractivity contribution is -0.117. The molecule has 0 aliphatic heterocycles. The van der Waals surface area contributed by atoms with E-state index in [1.807, 2.05) is 30.3 Å². The summed E-state index contributed by atoms with van der Waals surface area (Å²) in [5.41, 5.74) is 8.24. The van der Waals surface area contributed by atoms with Crippen molar-refractivity contribution in [3.63, 3.8) is 0 Å². The molecule has 1 amide bonds. The van der Waals surface area contributed by atoms with Crippen LogP contribution in [0.15, 0.2) is 42.9 Å². The van der Waals surface area contributed by atoms with Gasteiger partial charge in [0.25, 0.3) is 0 Å². The molecule has 2 rings (SSSR count). The van der Waals surface area contributed by atoms with E-state index < -0.39 is 6.04 Å². The second kappa shape index (κ2) is 6.06. The number of benzene rings is 1. The predicted molar refractivity (Wildman–Crippen MR) is 73.5 cm³/mol. The molecule has 0 saturated carbocycles. The molecular weight excluding hydrogens is 240 g/mol. The van der Waals surface area contributed by atoms with Gasteiger partial charge in [-0.2, -0.15) is 0 Å². The summed E-state index contributed by atoms with van der Waals surface area (Å²) in [6.45, 7) is 1.81. The van der Waals surface area contributed by atoms with Crippen molar-refractivity contribution in [3.8, 4) is 0 Å². The molecule has 3 N–H and O–H groups in total. The van der Waals surface area contributed by atoms with Gasteiger partial charge in [0.05, 0.1) is 23.6 Å². The third kappa shape index (κ3) is 3.59. The van der Waals surface area contributed by atoms with Crippen LogP contribution in [0, 0.1) is 6.92 Å². The molecule has 0 saturated heterocycles. The third-order valence-electron chi connectivity index (χ3n) is 2.80. The highest BCUT2D eigenvalue weighted by Crippen LogP contribution is 2.10. The Morgan fingerprint density at radius 3 is 2.79 bits per heavy atom. The first-order chi connectivity index (χ1) is 9.16. The number of carbonyl (C=O) groups is 1. The molecule has 2 aromatic rings. The Morgan fingerprint density at radius 1 is 1.37 bits per heavy atom. The maximum absolute atomic E-state index is 12.0. The quantitative estimate of drug-likeness (QED) is 0.863. The fourth-order valence-corrected chi connectivity index (χ4v) is 1.70. The summed E-state index contributed by atoms with van der Waals surface area (Å²) in [7, 11) is 0. The van der Waals surface area contributed by atoms with E-state index in [4.69, 9.17) is 5.73 Å². The molecule has 0 radical (unpaired) electrons. The number of amides is 1. The van der Waals surface area contributed by atoms with Gasteiger partial charge in [0.1, 0.15) is 6.33 Å². The van der Waals surface area contributed by atoms with Crippen molar-refractivity contribution in [2.75, 3.05) is 5.32 Å². The fraction of sp³-hybridized carbons (Fsp3) is 0.214. The lowest BCUT2D eigenvalue weighted by Gasteiger charge is -2.13. The van der Waals surface area contributed by atoms with Gasteiger partial charge in [-0.25, -0.2) is 9.97 Å². The molecule has 0 aliphatic rings. The lowest BCUT2D eigenvalue weighted by Crippen LogP contribution is -2.37. The molecule has 5 nitrogen and oxygen atoms in total. The Balaban J connectivity index is 1.99. The third-order valence-corrected chi connectivity index (χ3v) is 2.80. The van der Waals surface area contributed by atoms with E-state index in [0.29, 0.717) is 12.1 Å². The zero-order valence-electron chi connectivity index (χ0n) is 10.7. The number of hydrogen-bond donors (Lipinski definition) is 2. The highest BCUT2D eigenvalue weighted by Gasteiger charge is 2.15. The first-order valence-corrected chi connectivity index (χ1v) is 6.04. The number of carbonyl (C=O) groups excluding carboxylic acids is 1. The zero-order valence-corrected chi connectivity index (χ0v) is 10.7. The molecule has 0 unspecified atom stereocenters. The maximum atomic E-state index is 12.0. The largest absolute Gasteiger partial charge is 0.322 e. The molecule has 0 aliphatic carbocycles. The van der Waals surface area contributed by atoms with Crippen LogP contribution in [0.4, 0.5) is 5.69 Å². The summed E-state index contributed by atoms with van der Waals surface area (Å²) < 4.78 is 0. The number of aromatic nitrogens is 2. The van der Waals surface area contributed by atoms with Gasteiger partial charge in [-0.05, 0) is 18.9 Å². The molecule has 1 aromatic heterocycles. The molecule has 19 heavy (non-hydrogen) atoms. The summed E-state index contributed by atoms with van der Waals surface area (Å²) in [6.07, 6.45) is 3.50. The minimum Gasteiger partial charge on any atom is -0.322 e. The second-order valence-corrected chi connectivity index (χ2v) is 4.31. The van der Waals surface area contributed by atoms with Gasteiger partial charge in [0, 0.05) is 0 Å². The van der Waals surface area contributed by atoms with Crippen LogP contribution in [0.1, 0.15) is 11.3 Å². The fourth-order valence-electron chi connectivity index (χ4n) is 1.70. The normalized spacial score (nSPS) is 11.9. The number of nitrogens with two attached hydrogens (primary N) is 1. The molecule has 0 bridgehead atoms. The van der Waals surface area contributed by atoms with Gasteiger partial charge in [-0.1, -0.05) is 30.3 Å². The van der Waals surface area contributed by atoms with Crippen LogP contribution < -0.4 is 11.1 Å². The minimum atomic E-state index is -0.595. The summed E-state index contributed by atoms with van der Waals surface area (Å²) in [4.78, 5) is 19.9. The molecule has 5 heteroatoms. The number of hydrogen-bond acceptors (Lipinski definition) is 4. The molecule has 1 heterocycles. The Hall–Kier alpha value is -2.27. The average Bonchev–Trinajstić information content (AvgIpc) is 2.42. The topological polar surface area (TPSA) is 80.9 Å². The number of nitrogens with zero attached hydrogens (tertiary/aromatic N) is 2. The highest BCUT2D eigenvalue weighted by atomic mass is 16.2. The van der Waals surface area contributed by atoms with Crippen molar-refractivity contribution >= 4 is 11.6 Å². The Bertz CT molecular complexity index is 556. The van der Waals surface area contributed by atoms with Crippen LogP contribution in [0.3, 0.4) is 0 Å². The standard InChI is InChI=1S/C14H16N4O/c1-10-13(8-16-9-17-10)18-14(19)12(15)7-11-5-3-2-4-6-11/h2-6,8-9,12H,7,15H2,1H3,(H,18,19)/t12-/m0/s1. The van der Waals surface area contributed by atoms with Crippen LogP contribution in [-0.2, 0) is 11.2 Å². The van der Waals surface area contributed by atoms with Crippen molar-refractivity contribution < 1.29 is 4.79 Å². The summed E-state index contributed by atoms with van der Waals surface area (Å²) in [5.74, 6) is -0.234. The van der Waals surface area contributed by atoms with E-state index in [1.54, 1.807) is 13.1 Å². The second-order valence-electron chi connectivity index (χ2n) is 4.31. The molecular formula is C14H16N4O. The van der Waals surface area contributed by atoms with Crippen LogP contribution in [-0.4, -0.2) is 21.9 Å². The first kappa shape index (κ1) is 13.2. The Labute approximate surface area is 111 Å². The SMILES string of the molecule is Cc1ncncc1NC(=O)[C@@H](N)Cc1ccccc1. The van der Waals surface area contributed by atoms with Crippen molar-refractivity contribution in [1.29, 1.82) is 0 Å². The van der Waals surface area contributed by atoms with E-state index in [9.17, 15) is 4.79 Å². The number of aryl methyl sites for hydroxylation is 1. The molecule has 1 atom stereocenters. The van der Waals surface area contributed by atoms with E-state index >= 15 is 0 Å². The Kier molecular flexibility index (Phi) is 4.20. The highest BCUT2D eigenvalue weighted by molar-refractivity contribution is 5.95. The molecule has 0 spiro atoms. The van der Waals surface area contributed by atoms with Crippen molar-refractivity contribution in [3.05, 3.63) is 54.1 Å². The first-order valence-electron chi connectivity index (χ1n) is 6.04. The van der Waals surface area contributed by atoms with Crippen LogP contribution in [0.2, 0.25) is 0 Å². The van der Waals surface area contributed by atoms with E-state index in [-0.39, 0.29) is 5.91 Å². The van der Waals surface area contributed by atoms with Gasteiger partial charge in [-0.3, -0.25) is 4.79 Å². The van der Waals surface area contributed by atoms with Gasteiger partial charge in [-0.15, -0.1) is 0 Å². The van der Waals surface area contributed by atoms with Crippen LogP contribution in [0.25, 0.3) is 0 Å². The minimum absolute atomic E-state index is 0.234. The van der Waals surface area contributed by atoms with E-state index in [2.05, 4.69) is 15.3 Å². The predicted octanol–water partition coefficient (Wildman–Crippen LogP) is 1.29. The van der Waals surface area contributed by atoms with Gasteiger partial charge in [0.15, 0.2) is 0 Å². The summed E-state index contributed by atoms with van der Waals surface area (Å²) >= 11 is 0. The van der Waals surface area contributed by atoms with Crippen molar-refractivity contribution in [2.45, 2.75) is 19.4 Å². The van der Waals surface area contributed by atoms with Gasteiger partial charge >= 0.3 is 0 Å². The summed E-state index contributed by atoms with van der Waals surface area (Å²) in [5, 5.41) is 2.74. The Morgan fingerprint density at radius 2 is 2.11 bits per heavy atom. The molecule has 1 aromatic carbocycles. The van der Waals surface area contributed by atoms with Crippen molar-refractivity contribution in [2.24, 2.45) is 5.73 Å².